The molecule has 0 aliphatic rings. The second kappa shape index (κ2) is 5.12. The Morgan fingerprint density at radius 3 is 2.45 bits per heavy atom. The van der Waals surface area contributed by atoms with Crippen molar-refractivity contribution in [1.29, 1.82) is 0 Å². The second-order valence-corrected chi connectivity index (χ2v) is 5.89. The van der Waals surface area contributed by atoms with Crippen molar-refractivity contribution in [2.45, 2.75) is 27.2 Å². The van der Waals surface area contributed by atoms with Crippen LogP contribution in [0.4, 0.5) is 0 Å². The third kappa shape index (κ3) is 2.60. The van der Waals surface area contributed by atoms with Gasteiger partial charge in [0.2, 0.25) is 0 Å². The van der Waals surface area contributed by atoms with Crippen LogP contribution in [-0.2, 0) is 6.42 Å². The number of aromatic nitrogens is 2. The zero-order valence-electron chi connectivity index (χ0n) is 12.3. The molecule has 20 heavy (non-hydrogen) atoms. The molecule has 0 atom stereocenters. The van der Waals surface area contributed by atoms with Crippen LogP contribution < -0.4 is 0 Å². The van der Waals surface area contributed by atoms with Crippen LogP contribution in [0.3, 0.4) is 0 Å². The number of hydrogen-bond acceptors (Lipinski definition) is 1. The number of pyridine rings is 1. The number of benzene rings is 1. The number of fused-ring (bicyclic) bond motifs is 1. The lowest BCUT2D eigenvalue weighted by atomic mass is 10.0. The van der Waals surface area contributed by atoms with E-state index >= 15 is 0 Å². The quantitative estimate of drug-likeness (QED) is 0.680. The van der Waals surface area contributed by atoms with Crippen LogP contribution in [0, 0.1) is 12.8 Å². The fraction of sp³-hybridized carbons (Fsp3) is 0.278. The lowest BCUT2D eigenvalue weighted by molar-refractivity contribution is 0.647. The van der Waals surface area contributed by atoms with Gasteiger partial charge in [-0.25, -0.2) is 4.98 Å². The third-order valence-electron chi connectivity index (χ3n) is 3.49. The number of hydrogen-bond donors (Lipinski definition) is 0. The van der Waals surface area contributed by atoms with E-state index < -0.39 is 0 Å². The average Bonchev–Trinajstić information content (AvgIpc) is 2.81. The van der Waals surface area contributed by atoms with E-state index in [0.717, 1.165) is 17.8 Å². The zero-order valence-corrected chi connectivity index (χ0v) is 12.3. The van der Waals surface area contributed by atoms with Gasteiger partial charge in [0.05, 0.1) is 5.69 Å². The summed E-state index contributed by atoms with van der Waals surface area (Å²) in [5.41, 5.74) is 5.85. The van der Waals surface area contributed by atoms with E-state index in [2.05, 4.69) is 78.9 Å². The normalized spacial score (nSPS) is 11.4. The van der Waals surface area contributed by atoms with E-state index in [4.69, 9.17) is 0 Å². The van der Waals surface area contributed by atoms with Gasteiger partial charge in [-0.3, -0.25) is 0 Å². The molecule has 0 fully saturated rings. The Hall–Kier alpha value is -2.09. The summed E-state index contributed by atoms with van der Waals surface area (Å²) < 4.78 is 2.09. The molecule has 0 bridgehead atoms. The van der Waals surface area contributed by atoms with Crippen molar-refractivity contribution in [2.24, 2.45) is 5.92 Å². The fourth-order valence-corrected chi connectivity index (χ4v) is 2.53. The molecule has 0 unspecified atom stereocenters. The average molecular weight is 264 g/mol. The molecule has 2 heteroatoms. The highest BCUT2D eigenvalue weighted by Crippen LogP contribution is 2.21. The van der Waals surface area contributed by atoms with Crippen molar-refractivity contribution in [2.75, 3.05) is 0 Å². The molecule has 0 aliphatic carbocycles. The molecule has 0 amide bonds. The molecule has 3 rings (SSSR count). The van der Waals surface area contributed by atoms with Gasteiger partial charge >= 0.3 is 0 Å². The predicted molar refractivity (Wildman–Crippen MR) is 83.9 cm³/mol. The van der Waals surface area contributed by atoms with E-state index in [9.17, 15) is 0 Å². The molecule has 0 aliphatic heterocycles. The van der Waals surface area contributed by atoms with Gasteiger partial charge in [0.15, 0.2) is 0 Å². The van der Waals surface area contributed by atoms with Crippen molar-refractivity contribution in [3.05, 3.63) is 59.9 Å². The van der Waals surface area contributed by atoms with Gasteiger partial charge in [-0.1, -0.05) is 44.2 Å². The lowest BCUT2D eigenvalue weighted by Crippen LogP contribution is -1.93. The summed E-state index contributed by atoms with van der Waals surface area (Å²) in [5.74, 6) is 0.694. The summed E-state index contributed by atoms with van der Waals surface area (Å²) in [6.07, 6.45) is 5.34. The first-order valence-electron chi connectivity index (χ1n) is 7.16. The summed E-state index contributed by atoms with van der Waals surface area (Å²) in [6.45, 7) is 6.59. The lowest BCUT2D eigenvalue weighted by Gasteiger charge is -2.05. The van der Waals surface area contributed by atoms with Gasteiger partial charge in [0.25, 0.3) is 0 Å². The highest BCUT2D eigenvalue weighted by Gasteiger charge is 2.05. The van der Waals surface area contributed by atoms with E-state index in [-0.39, 0.29) is 0 Å². The molecule has 0 saturated heterocycles. The van der Waals surface area contributed by atoms with Gasteiger partial charge < -0.3 is 4.40 Å². The minimum absolute atomic E-state index is 0.694. The van der Waals surface area contributed by atoms with E-state index in [1.165, 1.54) is 16.7 Å². The van der Waals surface area contributed by atoms with Crippen LogP contribution in [-0.4, -0.2) is 9.38 Å². The fourth-order valence-electron chi connectivity index (χ4n) is 2.53. The first kappa shape index (κ1) is 12.9. The van der Waals surface area contributed by atoms with E-state index in [1.54, 1.807) is 0 Å². The molecule has 102 valence electrons. The maximum Gasteiger partial charge on any atom is 0.137 e. The highest BCUT2D eigenvalue weighted by atomic mass is 15.0. The zero-order chi connectivity index (χ0) is 14.1. The smallest absolute Gasteiger partial charge is 0.137 e. The molecule has 1 aromatic carbocycles. The van der Waals surface area contributed by atoms with Gasteiger partial charge in [-0.15, -0.1) is 0 Å². The molecule has 3 aromatic rings. The molecule has 2 nitrogen and oxygen atoms in total. The van der Waals surface area contributed by atoms with Gasteiger partial charge in [-0.2, -0.15) is 0 Å². The standard InChI is InChI=1S/C18H20N2/c1-13(2)10-15-5-7-16(8-6-15)17-12-20-11-14(3)4-9-18(20)19-17/h4-9,11-13H,10H2,1-3H3. The van der Waals surface area contributed by atoms with Crippen LogP contribution >= 0.6 is 0 Å². The van der Waals surface area contributed by atoms with Crippen molar-refractivity contribution < 1.29 is 0 Å². The van der Waals surface area contributed by atoms with Crippen LogP contribution in [0.5, 0.6) is 0 Å². The van der Waals surface area contributed by atoms with Crippen LogP contribution in [0.15, 0.2) is 48.8 Å². The Bertz CT molecular complexity index is 721. The van der Waals surface area contributed by atoms with Crippen molar-refractivity contribution in [1.82, 2.24) is 9.38 Å². The number of rotatable bonds is 3. The summed E-state index contributed by atoms with van der Waals surface area (Å²) >= 11 is 0. The van der Waals surface area contributed by atoms with Crippen molar-refractivity contribution >= 4 is 5.65 Å². The summed E-state index contributed by atoms with van der Waals surface area (Å²) in [4.78, 5) is 4.68. The van der Waals surface area contributed by atoms with Crippen LogP contribution in [0.2, 0.25) is 0 Å². The van der Waals surface area contributed by atoms with Gasteiger partial charge in [0.1, 0.15) is 5.65 Å². The second-order valence-electron chi connectivity index (χ2n) is 5.89. The molecule has 2 heterocycles. The highest BCUT2D eigenvalue weighted by molar-refractivity contribution is 5.63. The van der Waals surface area contributed by atoms with Gasteiger partial charge in [0, 0.05) is 18.0 Å². The number of imidazole rings is 1. The number of aryl methyl sites for hydroxylation is 1. The minimum Gasteiger partial charge on any atom is -0.306 e. The summed E-state index contributed by atoms with van der Waals surface area (Å²) in [6, 6.07) is 12.9. The van der Waals surface area contributed by atoms with E-state index in [1.807, 2.05) is 0 Å². The maximum atomic E-state index is 4.68. The van der Waals surface area contributed by atoms with Crippen LogP contribution in [0.25, 0.3) is 16.9 Å². The largest absolute Gasteiger partial charge is 0.306 e. The molecule has 0 spiro atoms. The predicted octanol–water partition coefficient (Wildman–Crippen LogP) is 4.51. The van der Waals surface area contributed by atoms with Crippen molar-refractivity contribution in [3.8, 4) is 11.3 Å². The van der Waals surface area contributed by atoms with Crippen molar-refractivity contribution in [3.63, 3.8) is 0 Å². The topological polar surface area (TPSA) is 17.3 Å². The molecule has 0 saturated carbocycles. The monoisotopic (exact) mass is 264 g/mol. The molecular weight excluding hydrogens is 244 g/mol. The Kier molecular flexibility index (Phi) is 3.31. The van der Waals surface area contributed by atoms with Gasteiger partial charge in [-0.05, 0) is 36.5 Å². The molecule has 0 N–H and O–H groups in total. The Balaban J connectivity index is 1.94. The van der Waals surface area contributed by atoms with Crippen LogP contribution in [0.1, 0.15) is 25.0 Å². The molecule has 2 aromatic heterocycles. The molecule has 0 radical (unpaired) electrons. The SMILES string of the molecule is Cc1ccc2nc(-c3ccc(CC(C)C)cc3)cn2c1. The summed E-state index contributed by atoms with van der Waals surface area (Å²) in [5, 5.41) is 0. The first-order valence-corrected chi connectivity index (χ1v) is 7.16. The summed E-state index contributed by atoms with van der Waals surface area (Å²) in [7, 11) is 0. The number of nitrogens with zero attached hydrogens (tertiary/aromatic N) is 2. The first-order chi connectivity index (χ1) is 9.61. The maximum absolute atomic E-state index is 4.68. The Morgan fingerprint density at radius 1 is 1.00 bits per heavy atom. The Labute approximate surface area is 120 Å². The Morgan fingerprint density at radius 2 is 1.75 bits per heavy atom. The minimum atomic E-state index is 0.694. The van der Waals surface area contributed by atoms with E-state index in [0.29, 0.717) is 5.92 Å². The molecular formula is C18H20N2. The third-order valence-corrected chi connectivity index (χ3v) is 3.49.